The summed E-state index contributed by atoms with van der Waals surface area (Å²) in [4.78, 5) is 9.19. The molecule has 2 aromatic heterocycles. The molecule has 1 aromatic carbocycles. The molecule has 0 spiro atoms. The summed E-state index contributed by atoms with van der Waals surface area (Å²) in [5.74, 6) is 0.962. The Morgan fingerprint density at radius 1 is 1.25 bits per heavy atom. The number of rotatable bonds is 3. The van der Waals surface area contributed by atoms with E-state index in [0.717, 1.165) is 46.8 Å². The number of hydrogen-bond acceptors (Lipinski definition) is 3. The van der Waals surface area contributed by atoms with Gasteiger partial charge in [0, 0.05) is 24.0 Å². The first-order chi connectivity index (χ1) is 9.70. The Kier molecular flexibility index (Phi) is 3.14. The quantitative estimate of drug-likeness (QED) is 0.739. The lowest BCUT2D eigenvalue weighted by Gasteiger charge is -2.08. The van der Waals surface area contributed by atoms with Crippen molar-refractivity contribution >= 4 is 16.9 Å². The number of imidazole rings is 1. The van der Waals surface area contributed by atoms with Crippen molar-refractivity contribution in [3.63, 3.8) is 0 Å². The minimum Gasteiger partial charge on any atom is -0.399 e. The van der Waals surface area contributed by atoms with E-state index in [0.29, 0.717) is 0 Å². The number of aryl methyl sites for hydroxylation is 2. The largest absolute Gasteiger partial charge is 0.399 e. The lowest BCUT2D eigenvalue weighted by atomic mass is 10.1. The van der Waals surface area contributed by atoms with Crippen LogP contribution in [0.3, 0.4) is 0 Å². The normalized spacial score (nSPS) is 11.1. The van der Waals surface area contributed by atoms with Gasteiger partial charge >= 0.3 is 0 Å². The predicted octanol–water partition coefficient (Wildman–Crippen LogP) is 3.40. The van der Waals surface area contributed by atoms with Crippen LogP contribution in [0.15, 0.2) is 36.5 Å². The molecular weight excluding hydrogens is 248 g/mol. The summed E-state index contributed by atoms with van der Waals surface area (Å²) in [6, 6.07) is 9.97. The zero-order valence-electron chi connectivity index (χ0n) is 11.8. The van der Waals surface area contributed by atoms with Crippen LogP contribution >= 0.6 is 0 Å². The average molecular weight is 266 g/mol. The van der Waals surface area contributed by atoms with Crippen molar-refractivity contribution in [1.82, 2.24) is 14.5 Å². The van der Waals surface area contributed by atoms with Crippen molar-refractivity contribution in [2.45, 2.75) is 26.8 Å². The second kappa shape index (κ2) is 4.96. The second-order valence-electron chi connectivity index (χ2n) is 5.00. The lowest BCUT2D eigenvalue weighted by Crippen LogP contribution is -2.01. The van der Waals surface area contributed by atoms with E-state index in [9.17, 15) is 0 Å². The monoisotopic (exact) mass is 266 g/mol. The van der Waals surface area contributed by atoms with Crippen LogP contribution in [0.1, 0.15) is 18.9 Å². The number of fused-ring (bicyclic) bond motifs is 1. The van der Waals surface area contributed by atoms with Crippen molar-refractivity contribution in [2.24, 2.45) is 0 Å². The molecule has 0 amide bonds. The van der Waals surface area contributed by atoms with E-state index in [4.69, 9.17) is 10.7 Å². The topological polar surface area (TPSA) is 56.7 Å². The summed E-state index contributed by atoms with van der Waals surface area (Å²) in [6.45, 7) is 5.09. The smallest absolute Gasteiger partial charge is 0.160 e. The molecule has 0 aliphatic rings. The Labute approximate surface area is 118 Å². The summed E-state index contributed by atoms with van der Waals surface area (Å²) >= 11 is 0. The first-order valence-corrected chi connectivity index (χ1v) is 6.88. The van der Waals surface area contributed by atoms with Gasteiger partial charge in [0.2, 0.25) is 0 Å². The molecule has 0 radical (unpaired) electrons. The van der Waals surface area contributed by atoms with E-state index in [1.807, 2.05) is 37.4 Å². The fraction of sp³-hybridized carbons (Fsp3) is 0.250. The minimum atomic E-state index is 0.810. The van der Waals surface area contributed by atoms with E-state index >= 15 is 0 Å². The average Bonchev–Trinajstić information content (AvgIpc) is 2.82. The molecule has 0 bridgehead atoms. The molecule has 0 atom stereocenters. The molecule has 0 unspecified atom stereocenters. The van der Waals surface area contributed by atoms with Crippen LogP contribution in [0.5, 0.6) is 0 Å². The van der Waals surface area contributed by atoms with E-state index in [-0.39, 0.29) is 0 Å². The molecule has 0 fully saturated rings. The predicted molar refractivity (Wildman–Crippen MR) is 82.4 cm³/mol. The van der Waals surface area contributed by atoms with Crippen molar-refractivity contribution in [1.29, 1.82) is 0 Å². The maximum atomic E-state index is 5.90. The number of aromatic nitrogens is 3. The molecule has 0 saturated carbocycles. The minimum absolute atomic E-state index is 0.810. The zero-order valence-corrected chi connectivity index (χ0v) is 11.8. The third-order valence-corrected chi connectivity index (χ3v) is 3.48. The molecule has 0 aliphatic carbocycles. The molecule has 3 aromatic rings. The van der Waals surface area contributed by atoms with E-state index in [1.165, 1.54) is 0 Å². The molecule has 4 nitrogen and oxygen atoms in total. The first kappa shape index (κ1) is 12.7. The molecule has 2 N–H and O–H groups in total. The molecule has 0 saturated heterocycles. The SMILES string of the molecule is CCCn1c(-c2ccc(N)c(C)c2)nc2cccnc21. The van der Waals surface area contributed by atoms with Crippen molar-refractivity contribution < 1.29 is 0 Å². The van der Waals surface area contributed by atoms with Gasteiger partial charge in [0.05, 0.1) is 0 Å². The summed E-state index contributed by atoms with van der Waals surface area (Å²) in [5, 5.41) is 0. The fourth-order valence-electron chi connectivity index (χ4n) is 2.43. The zero-order chi connectivity index (χ0) is 14.1. The van der Waals surface area contributed by atoms with Crippen molar-refractivity contribution in [3.8, 4) is 11.4 Å². The van der Waals surface area contributed by atoms with Gasteiger partial charge in [-0.25, -0.2) is 9.97 Å². The van der Waals surface area contributed by atoms with Crippen molar-refractivity contribution in [3.05, 3.63) is 42.1 Å². The summed E-state index contributed by atoms with van der Waals surface area (Å²) in [5.41, 5.74) is 10.7. The fourth-order valence-corrected chi connectivity index (χ4v) is 2.43. The molecule has 2 heterocycles. The van der Waals surface area contributed by atoms with Crippen LogP contribution in [0, 0.1) is 6.92 Å². The highest BCUT2D eigenvalue weighted by Crippen LogP contribution is 2.26. The van der Waals surface area contributed by atoms with E-state index < -0.39 is 0 Å². The molecule has 0 aliphatic heterocycles. The molecule has 20 heavy (non-hydrogen) atoms. The maximum Gasteiger partial charge on any atom is 0.160 e. The van der Waals surface area contributed by atoms with Gasteiger partial charge in [-0.2, -0.15) is 0 Å². The molecule has 3 rings (SSSR count). The molecular formula is C16H18N4. The Morgan fingerprint density at radius 2 is 2.10 bits per heavy atom. The Balaban J connectivity index is 2.23. The first-order valence-electron chi connectivity index (χ1n) is 6.88. The van der Waals surface area contributed by atoms with Gasteiger partial charge in [-0.1, -0.05) is 6.92 Å². The number of hydrogen-bond donors (Lipinski definition) is 1. The summed E-state index contributed by atoms with van der Waals surface area (Å²) < 4.78 is 2.18. The lowest BCUT2D eigenvalue weighted by molar-refractivity contribution is 0.698. The number of benzene rings is 1. The standard InChI is InChI=1S/C16H18N4/c1-3-9-20-15(12-6-7-13(17)11(2)10-12)19-14-5-4-8-18-16(14)20/h4-8,10H,3,9,17H2,1-2H3. The second-order valence-corrected chi connectivity index (χ2v) is 5.00. The third kappa shape index (κ3) is 2.03. The van der Waals surface area contributed by atoms with Gasteiger partial charge in [0.15, 0.2) is 5.65 Å². The van der Waals surface area contributed by atoms with E-state index in [2.05, 4.69) is 22.5 Å². The Morgan fingerprint density at radius 3 is 2.85 bits per heavy atom. The van der Waals surface area contributed by atoms with Crippen LogP contribution < -0.4 is 5.73 Å². The van der Waals surface area contributed by atoms with Gasteiger partial charge in [-0.3, -0.25) is 0 Å². The summed E-state index contributed by atoms with van der Waals surface area (Å²) in [7, 11) is 0. The maximum absolute atomic E-state index is 5.90. The number of nitrogens with two attached hydrogens (primary N) is 1. The van der Waals surface area contributed by atoms with E-state index in [1.54, 1.807) is 0 Å². The van der Waals surface area contributed by atoms with Crippen molar-refractivity contribution in [2.75, 3.05) is 5.73 Å². The van der Waals surface area contributed by atoms with Gasteiger partial charge in [-0.05, 0) is 49.2 Å². The molecule has 102 valence electrons. The highest BCUT2D eigenvalue weighted by atomic mass is 15.1. The van der Waals surface area contributed by atoms with Gasteiger partial charge in [0.25, 0.3) is 0 Å². The van der Waals surface area contributed by atoms with Crippen LogP contribution in [0.4, 0.5) is 5.69 Å². The van der Waals surface area contributed by atoms with Gasteiger partial charge in [0.1, 0.15) is 11.3 Å². The Hall–Kier alpha value is -2.36. The third-order valence-electron chi connectivity index (χ3n) is 3.48. The van der Waals surface area contributed by atoms with Gasteiger partial charge < -0.3 is 10.3 Å². The number of nitrogens with zero attached hydrogens (tertiary/aromatic N) is 3. The highest BCUT2D eigenvalue weighted by molar-refractivity contribution is 5.77. The van der Waals surface area contributed by atoms with Gasteiger partial charge in [-0.15, -0.1) is 0 Å². The number of pyridine rings is 1. The Bertz CT molecular complexity index is 758. The highest BCUT2D eigenvalue weighted by Gasteiger charge is 2.13. The van der Waals surface area contributed by atoms with Crippen LogP contribution in [-0.4, -0.2) is 14.5 Å². The van der Waals surface area contributed by atoms with Crippen LogP contribution in [0.2, 0.25) is 0 Å². The van der Waals surface area contributed by atoms with Crippen LogP contribution in [0.25, 0.3) is 22.6 Å². The van der Waals surface area contributed by atoms with Crippen LogP contribution in [-0.2, 0) is 6.54 Å². The summed E-state index contributed by atoms with van der Waals surface area (Å²) in [6.07, 6.45) is 2.86. The molecule has 4 heteroatoms. The number of nitrogen functional groups attached to an aromatic ring is 1. The number of anilines is 1.